The van der Waals surface area contributed by atoms with Gasteiger partial charge in [0.05, 0.1) is 17.6 Å². The van der Waals surface area contributed by atoms with Crippen molar-refractivity contribution in [2.24, 2.45) is 7.05 Å². The Bertz CT molecular complexity index is 1200. The average Bonchev–Trinajstić information content (AvgIpc) is 3.33. The molecule has 160 valence electrons. The van der Waals surface area contributed by atoms with Crippen LogP contribution in [0.25, 0.3) is 22.6 Å². The summed E-state index contributed by atoms with van der Waals surface area (Å²) in [6.45, 7) is 4.70. The van der Waals surface area contributed by atoms with Crippen LogP contribution >= 0.6 is 0 Å². The van der Waals surface area contributed by atoms with Crippen LogP contribution in [0.2, 0.25) is 0 Å². The van der Waals surface area contributed by atoms with Crippen molar-refractivity contribution < 1.29 is 0 Å². The van der Waals surface area contributed by atoms with Gasteiger partial charge in [-0.25, -0.2) is 15.0 Å². The van der Waals surface area contributed by atoms with Gasteiger partial charge in [-0.2, -0.15) is 5.10 Å². The van der Waals surface area contributed by atoms with Gasteiger partial charge in [0, 0.05) is 37.7 Å². The molecule has 0 unspecified atom stereocenters. The van der Waals surface area contributed by atoms with E-state index in [0.717, 1.165) is 39.5 Å². The number of anilines is 1. The lowest BCUT2D eigenvalue weighted by atomic mass is 9.95. The zero-order chi connectivity index (χ0) is 21.4. The minimum atomic E-state index is 0.448. The number of hydrogen-bond acceptors (Lipinski definition) is 6. The van der Waals surface area contributed by atoms with Gasteiger partial charge in [0.15, 0.2) is 17.3 Å². The van der Waals surface area contributed by atoms with Crippen LogP contribution < -0.4 is 5.32 Å². The first-order chi connectivity index (χ1) is 15.1. The van der Waals surface area contributed by atoms with Gasteiger partial charge in [0.1, 0.15) is 5.52 Å². The van der Waals surface area contributed by atoms with Crippen LogP contribution in [-0.2, 0) is 13.6 Å². The molecular formula is C23H28N8. The third kappa shape index (κ3) is 3.66. The number of pyridine rings is 1. The largest absolute Gasteiger partial charge is 0.364 e. The fraction of sp³-hybridized carbons (Fsp3) is 0.435. The average molecular weight is 417 g/mol. The Kier molecular flexibility index (Phi) is 5.13. The normalized spacial score (nSPS) is 14.9. The van der Waals surface area contributed by atoms with E-state index >= 15 is 0 Å². The Hall–Kier alpha value is -3.29. The molecule has 4 heterocycles. The number of nitrogens with zero attached hydrogens (tertiary/aromatic N) is 7. The summed E-state index contributed by atoms with van der Waals surface area (Å²) in [5.41, 5.74) is 5.78. The Balaban J connectivity index is 1.62. The van der Waals surface area contributed by atoms with E-state index in [1.54, 1.807) is 6.20 Å². The minimum absolute atomic E-state index is 0.448. The molecule has 1 saturated carbocycles. The highest BCUT2D eigenvalue weighted by molar-refractivity contribution is 5.85. The van der Waals surface area contributed by atoms with E-state index in [4.69, 9.17) is 15.0 Å². The predicted molar refractivity (Wildman–Crippen MR) is 121 cm³/mol. The van der Waals surface area contributed by atoms with Crippen LogP contribution in [0.15, 0.2) is 30.9 Å². The van der Waals surface area contributed by atoms with E-state index in [2.05, 4.69) is 33.0 Å². The Morgan fingerprint density at radius 1 is 1.13 bits per heavy atom. The zero-order valence-corrected chi connectivity index (χ0v) is 18.3. The number of fused-ring (bicyclic) bond motifs is 1. The first-order valence-electron chi connectivity index (χ1n) is 11.0. The van der Waals surface area contributed by atoms with Crippen LogP contribution in [0.1, 0.15) is 55.1 Å². The second kappa shape index (κ2) is 8.09. The molecule has 4 aromatic heterocycles. The molecule has 0 radical (unpaired) electrons. The summed E-state index contributed by atoms with van der Waals surface area (Å²) in [4.78, 5) is 18.9. The molecule has 0 bridgehead atoms. The topological polar surface area (TPSA) is 86.3 Å². The number of aryl methyl sites for hydroxylation is 2. The van der Waals surface area contributed by atoms with E-state index < -0.39 is 0 Å². The van der Waals surface area contributed by atoms with Gasteiger partial charge in [0.2, 0.25) is 0 Å². The summed E-state index contributed by atoms with van der Waals surface area (Å²) in [5, 5.41) is 8.06. The van der Waals surface area contributed by atoms with Gasteiger partial charge < -0.3 is 9.88 Å². The molecule has 0 spiro atoms. The van der Waals surface area contributed by atoms with Crippen molar-refractivity contribution in [3.8, 4) is 11.4 Å². The van der Waals surface area contributed by atoms with Gasteiger partial charge >= 0.3 is 0 Å². The number of nitrogens with one attached hydrogen (secondary N) is 1. The maximum Gasteiger partial charge on any atom is 0.167 e. The van der Waals surface area contributed by atoms with Gasteiger partial charge in [-0.1, -0.05) is 25.3 Å². The van der Waals surface area contributed by atoms with Crippen molar-refractivity contribution >= 4 is 17.0 Å². The monoisotopic (exact) mass is 416 g/mol. The fourth-order valence-corrected chi connectivity index (χ4v) is 4.56. The van der Waals surface area contributed by atoms with E-state index in [1.807, 2.05) is 37.2 Å². The molecule has 0 saturated heterocycles. The highest BCUT2D eigenvalue weighted by atomic mass is 15.3. The second-order valence-electron chi connectivity index (χ2n) is 8.40. The number of aromatic nitrogens is 7. The molecule has 8 nitrogen and oxygen atoms in total. The summed E-state index contributed by atoms with van der Waals surface area (Å²) < 4.78 is 4.15. The molecule has 1 fully saturated rings. The highest BCUT2D eigenvalue weighted by Crippen LogP contribution is 2.33. The molecule has 4 aromatic rings. The van der Waals surface area contributed by atoms with Crippen molar-refractivity contribution in [1.82, 2.24) is 34.3 Å². The van der Waals surface area contributed by atoms with E-state index in [-0.39, 0.29) is 0 Å². The smallest absolute Gasteiger partial charge is 0.167 e. The molecule has 1 aliphatic carbocycles. The van der Waals surface area contributed by atoms with Crippen LogP contribution in [-0.4, -0.2) is 34.3 Å². The summed E-state index contributed by atoms with van der Waals surface area (Å²) in [6.07, 6.45) is 11.8. The number of hydrogen-bond donors (Lipinski definition) is 1. The maximum atomic E-state index is 5.01. The quantitative estimate of drug-likeness (QED) is 0.520. The van der Waals surface area contributed by atoms with Gasteiger partial charge in [-0.3, -0.25) is 9.67 Å². The fourth-order valence-electron chi connectivity index (χ4n) is 4.56. The third-order valence-electron chi connectivity index (χ3n) is 6.30. The lowest BCUT2D eigenvalue weighted by molar-refractivity contribution is 0.358. The van der Waals surface area contributed by atoms with Crippen molar-refractivity contribution in [1.29, 1.82) is 0 Å². The van der Waals surface area contributed by atoms with E-state index in [1.165, 1.54) is 32.1 Å². The molecule has 0 atom stereocenters. The molecule has 5 rings (SSSR count). The van der Waals surface area contributed by atoms with Crippen LogP contribution in [0.5, 0.6) is 0 Å². The first-order valence-corrected chi connectivity index (χ1v) is 11.0. The van der Waals surface area contributed by atoms with Crippen LogP contribution in [0, 0.1) is 13.8 Å². The summed E-state index contributed by atoms with van der Waals surface area (Å²) in [6, 6.07) is 4.44. The summed E-state index contributed by atoms with van der Waals surface area (Å²) in [7, 11) is 1.96. The molecule has 1 aliphatic rings. The van der Waals surface area contributed by atoms with Crippen LogP contribution in [0.4, 0.5) is 5.82 Å². The molecule has 0 amide bonds. The third-order valence-corrected chi connectivity index (χ3v) is 6.30. The number of imidazole rings is 1. The Morgan fingerprint density at radius 2 is 1.97 bits per heavy atom. The first kappa shape index (κ1) is 19.7. The maximum absolute atomic E-state index is 5.01. The lowest BCUT2D eigenvalue weighted by Crippen LogP contribution is -2.13. The standard InChI is InChI=1S/C23H28N8/c1-15-19(16(2)30(3)29-15)21-27-22(25-13-17-8-7-11-24-12-17)20-23(28-21)31(14-26-20)18-9-5-4-6-10-18/h7-8,11-12,14,18H,4-6,9-10,13H2,1-3H3,(H,25,27,28). The molecule has 1 N–H and O–H groups in total. The van der Waals surface area contributed by atoms with Crippen molar-refractivity contribution in [2.45, 2.75) is 58.5 Å². The molecular weight excluding hydrogens is 388 g/mol. The van der Waals surface area contributed by atoms with E-state index in [9.17, 15) is 0 Å². The number of rotatable bonds is 5. The van der Waals surface area contributed by atoms with Crippen molar-refractivity contribution in [2.75, 3.05) is 5.32 Å². The highest BCUT2D eigenvalue weighted by Gasteiger charge is 2.23. The predicted octanol–water partition coefficient (Wildman–Crippen LogP) is 4.36. The molecule has 0 aliphatic heterocycles. The van der Waals surface area contributed by atoms with Gasteiger partial charge in [0.25, 0.3) is 0 Å². The van der Waals surface area contributed by atoms with Crippen molar-refractivity contribution in [3.05, 3.63) is 47.8 Å². The molecule has 0 aromatic carbocycles. The van der Waals surface area contributed by atoms with Crippen LogP contribution in [0.3, 0.4) is 0 Å². The zero-order valence-electron chi connectivity index (χ0n) is 18.3. The summed E-state index contributed by atoms with van der Waals surface area (Å²) in [5.74, 6) is 1.45. The molecule has 8 heteroatoms. The Labute approximate surface area is 181 Å². The minimum Gasteiger partial charge on any atom is -0.364 e. The van der Waals surface area contributed by atoms with E-state index in [0.29, 0.717) is 18.4 Å². The SMILES string of the molecule is Cc1nn(C)c(C)c1-c1nc(NCc2cccnc2)c2ncn(C3CCCCC3)c2n1. The lowest BCUT2D eigenvalue weighted by Gasteiger charge is -2.23. The second-order valence-corrected chi connectivity index (χ2v) is 8.40. The van der Waals surface area contributed by atoms with Gasteiger partial charge in [-0.15, -0.1) is 0 Å². The summed E-state index contributed by atoms with van der Waals surface area (Å²) >= 11 is 0. The Morgan fingerprint density at radius 3 is 2.68 bits per heavy atom. The van der Waals surface area contributed by atoms with Crippen molar-refractivity contribution in [3.63, 3.8) is 0 Å². The molecule has 31 heavy (non-hydrogen) atoms. The van der Waals surface area contributed by atoms with Gasteiger partial charge in [-0.05, 0) is 38.3 Å².